The number of rotatable bonds is 2. The first-order valence-electron chi connectivity index (χ1n) is 4.85. The standard InChI is InChI=1S/C9H14N2O2/c12-8(6-3-4-6)11-9(13)7-2-1-5-10-7/h6-7,10H,1-5H2,(H,11,12,13)/t7-/m0/s1. The van der Waals surface area contributed by atoms with Gasteiger partial charge in [-0.2, -0.15) is 0 Å². The minimum absolute atomic E-state index is 0.0845. The molecule has 0 spiro atoms. The normalized spacial score (nSPS) is 27.2. The van der Waals surface area contributed by atoms with Crippen LogP contribution in [-0.4, -0.2) is 24.4 Å². The summed E-state index contributed by atoms with van der Waals surface area (Å²) in [5, 5.41) is 5.50. The molecule has 1 aliphatic carbocycles. The fourth-order valence-corrected chi connectivity index (χ4v) is 1.56. The molecular formula is C9H14N2O2. The van der Waals surface area contributed by atoms with Gasteiger partial charge < -0.3 is 5.32 Å². The van der Waals surface area contributed by atoms with Crippen molar-refractivity contribution in [1.29, 1.82) is 0 Å². The van der Waals surface area contributed by atoms with Crippen LogP contribution in [0, 0.1) is 5.92 Å². The van der Waals surface area contributed by atoms with Crippen LogP contribution in [0.15, 0.2) is 0 Å². The van der Waals surface area contributed by atoms with E-state index in [0.717, 1.165) is 32.2 Å². The molecule has 0 bridgehead atoms. The molecule has 1 saturated heterocycles. The maximum absolute atomic E-state index is 11.4. The summed E-state index contributed by atoms with van der Waals surface area (Å²) in [4.78, 5) is 22.6. The average molecular weight is 182 g/mol. The zero-order valence-corrected chi connectivity index (χ0v) is 7.51. The largest absolute Gasteiger partial charge is 0.306 e. The highest BCUT2D eigenvalue weighted by Gasteiger charge is 2.32. The Labute approximate surface area is 77.1 Å². The number of hydrogen-bond donors (Lipinski definition) is 2. The van der Waals surface area contributed by atoms with Gasteiger partial charge in [0.05, 0.1) is 6.04 Å². The maximum atomic E-state index is 11.4. The zero-order chi connectivity index (χ0) is 9.26. The fourth-order valence-electron chi connectivity index (χ4n) is 1.56. The maximum Gasteiger partial charge on any atom is 0.243 e. The molecular weight excluding hydrogens is 168 g/mol. The summed E-state index contributed by atoms with van der Waals surface area (Å²) in [6, 6.07) is -0.136. The Kier molecular flexibility index (Phi) is 2.31. The second-order valence-electron chi connectivity index (χ2n) is 3.78. The lowest BCUT2D eigenvalue weighted by molar-refractivity contribution is -0.132. The van der Waals surface area contributed by atoms with Gasteiger partial charge in [0.25, 0.3) is 0 Å². The van der Waals surface area contributed by atoms with Crippen LogP contribution < -0.4 is 10.6 Å². The molecule has 4 nitrogen and oxygen atoms in total. The van der Waals surface area contributed by atoms with Gasteiger partial charge in [0, 0.05) is 5.92 Å². The van der Waals surface area contributed by atoms with Crippen LogP contribution >= 0.6 is 0 Å². The van der Waals surface area contributed by atoms with Crippen molar-refractivity contribution in [2.45, 2.75) is 31.7 Å². The van der Waals surface area contributed by atoms with Crippen LogP contribution in [0.4, 0.5) is 0 Å². The van der Waals surface area contributed by atoms with E-state index >= 15 is 0 Å². The Bertz CT molecular complexity index is 230. The highest BCUT2D eigenvalue weighted by molar-refractivity contribution is 5.99. The van der Waals surface area contributed by atoms with Crippen molar-refractivity contribution in [1.82, 2.24) is 10.6 Å². The molecule has 72 valence electrons. The molecule has 0 aromatic carbocycles. The topological polar surface area (TPSA) is 58.2 Å². The van der Waals surface area contributed by atoms with Gasteiger partial charge in [-0.3, -0.25) is 14.9 Å². The Balaban J connectivity index is 1.79. The van der Waals surface area contributed by atoms with Crippen LogP contribution in [0.2, 0.25) is 0 Å². The molecule has 1 heterocycles. The summed E-state index contributed by atoms with van der Waals surface area (Å²) < 4.78 is 0. The SMILES string of the molecule is O=C(NC(=O)[C@@H]1CCCN1)C1CC1. The fraction of sp³-hybridized carbons (Fsp3) is 0.778. The summed E-state index contributed by atoms with van der Waals surface area (Å²) in [5.41, 5.74) is 0. The number of hydrogen-bond acceptors (Lipinski definition) is 3. The summed E-state index contributed by atoms with van der Waals surface area (Å²) in [5.74, 6) is -0.113. The quantitative estimate of drug-likeness (QED) is 0.581. The predicted octanol–water partition coefficient (Wildman–Crippen LogP) is -0.209. The first-order chi connectivity index (χ1) is 6.27. The lowest BCUT2D eigenvalue weighted by Crippen LogP contribution is -2.43. The highest BCUT2D eigenvalue weighted by atomic mass is 16.2. The van der Waals surface area contributed by atoms with Gasteiger partial charge in [0.1, 0.15) is 0 Å². The second kappa shape index (κ2) is 3.46. The molecule has 0 aromatic rings. The second-order valence-corrected chi connectivity index (χ2v) is 3.78. The minimum atomic E-state index is -0.144. The van der Waals surface area contributed by atoms with E-state index in [-0.39, 0.29) is 23.8 Å². The third-order valence-corrected chi connectivity index (χ3v) is 2.57. The lowest BCUT2D eigenvalue weighted by Gasteiger charge is -2.09. The summed E-state index contributed by atoms with van der Waals surface area (Å²) in [7, 11) is 0. The smallest absolute Gasteiger partial charge is 0.243 e. The Morgan fingerprint density at radius 1 is 1.15 bits per heavy atom. The number of carbonyl (C=O) groups is 2. The molecule has 2 aliphatic rings. The molecule has 2 fully saturated rings. The van der Waals surface area contributed by atoms with Crippen molar-refractivity contribution in [3.05, 3.63) is 0 Å². The van der Waals surface area contributed by atoms with Crippen LogP contribution in [0.25, 0.3) is 0 Å². The van der Waals surface area contributed by atoms with Crippen molar-refractivity contribution in [2.24, 2.45) is 5.92 Å². The Morgan fingerprint density at radius 2 is 1.92 bits per heavy atom. The van der Waals surface area contributed by atoms with E-state index in [1.807, 2.05) is 0 Å². The monoisotopic (exact) mass is 182 g/mol. The molecule has 4 heteroatoms. The van der Waals surface area contributed by atoms with Gasteiger partial charge in [-0.05, 0) is 32.2 Å². The molecule has 0 unspecified atom stereocenters. The molecule has 13 heavy (non-hydrogen) atoms. The van der Waals surface area contributed by atoms with Crippen molar-refractivity contribution in [3.8, 4) is 0 Å². The average Bonchev–Trinajstić information content (AvgIpc) is 2.81. The van der Waals surface area contributed by atoms with Gasteiger partial charge in [-0.25, -0.2) is 0 Å². The Hall–Kier alpha value is -0.900. The van der Waals surface area contributed by atoms with Crippen LogP contribution in [0.3, 0.4) is 0 Å². The molecule has 2 amide bonds. The number of imide groups is 1. The third kappa shape index (κ3) is 2.06. The molecule has 2 N–H and O–H groups in total. The van der Waals surface area contributed by atoms with Crippen molar-refractivity contribution in [3.63, 3.8) is 0 Å². The van der Waals surface area contributed by atoms with Crippen molar-refractivity contribution in [2.75, 3.05) is 6.54 Å². The molecule has 1 aliphatic heterocycles. The number of carbonyl (C=O) groups excluding carboxylic acids is 2. The summed E-state index contributed by atoms with van der Waals surface area (Å²) in [6.45, 7) is 0.885. The van der Waals surface area contributed by atoms with E-state index in [9.17, 15) is 9.59 Å². The number of amides is 2. The molecule has 0 aromatic heterocycles. The number of nitrogens with one attached hydrogen (secondary N) is 2. The van der Waals surface area contributed by atoms with Crippen LogP contribution in [0.5, 0.6) is 0 Å². The predicted molar refractivity (Wildman–Crippen MR) is 46.9 cm³/mol. The van der Waals surface area contributed by atoms with E-state index in [0.29, 0.717) is 0 Å². The first-order valence-corrected chi connectivity index (χ1v) is 4.85. The first kappa shape index (κ1) is 8.69. The van der Waals surface area contributed by atoms with Gasteiger partial charge >= 0.3 is 0 Å². The van der Waals surface area contributed by atoms with Gasteiger partial charge in [0.2, 0.25) is 11.8 Å². The van der Waals surface area contributed by atoms with Crippen molar-refractivity contribution >= 4 is 11.8 Å². The Morgan fingerprint density at radius 3 is 2.46 bits per heavy atom. The molecule has 1 atom stereocenters. The summed E-state index contributed by atoms with van der Waals surface area (Å²) >= 11 is 0. The van der Waals surface area contributed by atoms with E-state index in [1.165, 1.54) is 0 Å². The third-order valence-electron chi connectivity index (χ3n) is 2.57. The summed E-state index contributed by atoms with van der Waals surface area (Å²) in [6.07, 6.45) is 3.76. The van der Waals surface area contributed by atoms with Gasteiger partial charge in [-0.1, -0.05) is 0 Å². The van der Waals surface area contributed by atoms with Gasteiger partial charge in [-0.15, -0.1) is 0 Å². The molecule has 2 rings (SSSR count). The van der Waals surface area contributed by atoms with Gasteiger partial charge in [0.15, 0.2) is 0 Å². The molecule has 0 radical (unpaired) electrons. The van der Waals surface area contributed by atoms with Crippen LogP contribution in [0.1, 0.15) is 25.7 Å². The molecule has 1 saturated carbocycles. The van der Waals surface area contributed by atoms with E-state index in [2.05, 4.69) is 10.6 Å². The minimum Gasteiger partial charge on any atom is -0.306 e. The highest BCUT2D eigenvalue weighted by Crippen LogP contribution is 2.28. The van der Waals surface area contributed by atoms with E-state index in [4.69, 9.17) is 0 Å². The van der Waals surface area contributed by atoms with E-state index in [1.54, 1.807) is 0 Å². The van der Waals surface area contributed by atoms with Crippen molar-refractivity contribution < 1.29 is 9.59 Å². The van der Waals surface area contributed by atoms with Crippen LogP contribution in [-0.2, 0) is 9.59 Å². The zero-order valence-electron chi connectivity index (χ0n) is 7.51. The van der Waals surface area contributed by atoms with E-state index < -0.39 is 0 Å². The lowest BCUT2D eigenvalue weighted by atomic mass is 10.2.